The van der Waals surface area contributed by atoms with Crippen molar-refractivity contribution < 1.29 is 4.74 Å². The number of aromatic amines is 1. The molecule has 0 spiro atoms. The number of para-hydroxylation sites is 2. The lowest BCUT2D eigenvalue weighted by Gasteiger charge is -2.09. The van der Waals surface area contributed by atoms with Crippen molar-refractivity contribution in [2.75, 3.05) is 6.61 Å². The van der Waals surface area contributed by atoms with E-state index in [2.05, 4.69) is 15.1 Å². The fraction of sp³-hybridized carbons (Fsp3) is 0.231. The van der Waals surface area contributed by atoms with Crippen LogP contribution in [0.15, 0.2) is 24.3 Å². The molecule has 0 saturated heterocycles. The predicted octanol–water partition coefficient (Wildman–Crippen LogP) is 2.47. The van der Waals surface area contributed by atoms with Crippen LogP contribution in [-0.2, 0) is 17.8 Å². The maximum absolute atomic E-state index is 6.36. The predicted molar refractivity (Wildman–Crippen MR) is 71.6 cm³/mol. The molecule has 0 atom stereocenters. The summed E-state index contributed by atoms with van der Waals surface area (Å²) in [5.41, 5.74) is 3.83. The maximum atomic E-state index is 6.36. The smallest absolute Gasteiger partial charge is 0.230 e. The summed E-state index contributed by atoms with van der Waals surface area (Å²) in [7, 11) is 0. The number of fused-ring (bicyclic) bond motifs is 2. The van der Waals surface area contributed by atoms with Crippen molar-refractivity contribution in [3.63, 3.8) is 0 Å². The Morgan fingerprint density at radius 1 is 1.32 bits per heavy atom. The maximum Gasteiger partial charge on any atom is 0.230 e. The van der Waals surface area contributed by atoms with E-state index in [1.165, 1.54) is 0 Å². The summed E-state index contributed by atoms with van der Waals surface area (Å²) in [4.78, 5) is 7.73. The van der Waals surface area contributed by atoms with Gasteiger partial charge in [-0.25, -0.2) is 4.98 Å². The Morgan fingerprint density at radius 3 is 3.05 bits per heavy atom. The lowest BCUT2D eigenvalue weighted by atomic mass is 10.2. The molecule has 0 fully saturated rings. The third kappa shape index (κ3) is 1.66. The van der Waals surface area contributed by atoms with Gasteiger partial charge in [-0.1, -0.05) is 23.7 Å². The van der Waals surface area contributed by atoms with Crippen molar-refractivity contribution in [1.82, 2.24) is 19.7 Å². The normalized spacial score (nSPS) is 14.8. The highest BCUT2D eigenvalue weighted by Crippen LogP contribution is 2.27. The first-order valence-corrected chi connectivity index (χ1v) is 6.50. The molecule has 19 heavy (non-hydrogen) atoms. The van der Waals surface area contributed by atoms with Crippen LogP contribution in [0.4, 0.5) is 0 Å². The number of imidazole rings is 1. The standard InChI is InChI=1S/C13H11ClN4O/c14-12-8-7-19-6-5-9(8)17-18(12)13-15-10-3-1-2-4-11(10)16-13/h1-4H,5-7H2,(H,15,16). The molecule has 1 aliphatic rings. The molecule has 2 aromatic heterocycles. The Morgan fingerprint density at radius 2 is 2.21 bits per heavy atom. The Bertz CT molecular complexity index is 728. The number of nitrogens with one attached hydrogen (secondary N) is 1. The molecule has 1 aromatic carbocycles. The van der Waals surface area contributed by atoms with Crippen LogP contribution in [0.5, 0.6) is 0 Å². The number of H-pyrrole nitrogens is 1. The van der Waals surface area contributed by atoms with Gasteiger partial charge in [-0.15, -0.1) is 0 Å². The molecule has 96 valence electrons. The second-order valence-corrected chi connectivity index (χ2v) is 4.87. The lowest BCUT2D eigenvalue weighted by molar-refractivity contribution is 0.110. The number of hydrogen-bond acceptors (Lipinski definition) is 3. The van der Waals surface area contributed by atoms with Crippen molar-refractivity contribution in [2.24, 2.45) is 0 Å². The largest absolute Gasteiger partial charge is 0.376 e. The summed E-state index contributed by atoms with van der Waals surface area (Å²) < 4.78 is 7.07. The number of ether oxygens (including phenoxy) is 1. The summed E-state index contributed by atoms with van der Waals surface area (Å²) in [6.45, 7) is 1.22. The minimum atomic E-state index is 0.522. The van der Waals surface area contributed by atoms with Crippen LogP contribution in [0.2, 0.25) is 5.15 Å². The summed E-state index contributed by atoms with van der Waals surface area (Å²) in [5, 5.41) is 5.10. The summed E-state index contributed by atoms with van der Waals surface area (Å²) in [5.74, 6) is 0.639. The average Bonchev–Trinajstić information content (AvgIpc) is 3.00. The van der Waals surface area contributed by atoms with Gasteiger partial charge in [0.05, 0.1) is 29.9 Å². The van der Waals surface area contributed by atoms with E-state index in [1.54, 1.807) is 4.68 Å². The number of rotatable bonds is 1. The van der Waals surface area contributed by atoms with Gasteiger partial charge in [-0.3, -0.25) is 0 Å². The van der Waals surface area contributed by atoms with E-state index in [9.17, 15) is 0 Å². The molecule has 0 aliphatic carbocycles. The fourth-order valence-electron chi connectivity index (χ4n) is 2.34. The number of benzene rings is 1. The van der Waals surface area contributed by atoms with E-state index < -0.39 is 0 Å². The molecule has 1 N–H and O–H groups in total. The summed E-state index contributed by atoms with van der Waals surface area (Å²) in [6, 6.07) is 7.85. The van der Waals surface area contributed by atoms with Crippen molar-refractivity contribution in [3.8, 4) is 5.95 Å². The highest BCUT2D eigenvalue weighted by molar-refractivity contribution is 6.30. The summed E-state index contributed by atoms with van der Waals surface area (Å²) >= 11 is 6.36. The van der Waals surface area contributed by atoms with Crippen LogP contribution in [0.1, 0.15) is 11.3 Å². The van der Waals surface area contributed by atoms with Crippen LogP contribution in [-0.4, -0.2) is 26.4 Å². The number of hydrogen-bond donors (Lipinski definition) is 1. The fourth-order valence-corrected chi connectivity index (χ4v) is 2.62. The lowest BCUT2D eigenvalue weighted by Crippen LogP contribution is -2.08. The quantitative estimate of drug-likeness (QED) is 0.742. The third-order valence-corrected chi connectivity index (χ3v) is 3.70. The average molecular weight is 275 g/mol. The van der Waals surface area contributed by atoms with Gasteiger partial charge in [-0.2, -0.15) is 9.78 Å². The molecule has 0 amide bonds. The van der Waals surface area contributed by atoms with Crippen LogP contribution < -0.4 is 0 Å². The van der Waals surface area contributed by atoms with E-state index in [1.807, 2.05) is 24.3 Å². The Kier molecular flexibility index (Phi) is 2.36. The first-order valence-electron chi connectivity index (χ1n) is 6.12. The second kappa shape index (κ2) is 4.08. The highest BCUT2D eigenvalue weighted by atomic mass is 35.5. The van der Waals surface area contributed by atoms with Crippen LogP contribution in [0, 0.1) is 0 Å². The van der Waals surface area contributed by atoms with Gasteiger partial charge in [0.1, 0.15) is 5.15 Å². The van der Waals surface area contributed by atoms with E-state index in [0.717, 1.165) is 28.7 Å². The first-order chi connectivity index (χ1) is 9.33. The third-order valence-electron chi connectivity index (χ3n) is 3.31. The van der Waals surface area contributed by atoms with E-state index in [0.29, 0.717) is 24.3 Å². The van der Waals surface area contributed by atoms with Gasteiger partial charge >= 0.3 is 0 Å². The SMILES string of the molecule is Clc1c2c(nn1-c1nc3ccccc3[nH]1)CCOC2. The summed E-state index contributed by atoms with van der Waals surface area (Å²) in [6.07, 6.45) is 0.794. The molecule has 0 saturated carbocycles. The van der Waals surface area contributed by atoms with Crippen LogP contribution in [0.3, 0.4) is 0 Å². The van der Waals surface area contributed by atoms with E-state index in [-0.39, 0.29) is 0 Å². The molecule has 0 bridgehead atoms. The van der Waals surface area contributed by atoms with Gasteiger partial charge in [0.2, 0.25) is 5.95 Å². The van der Waals surface area contributed by atoms with Gasteiger partial charge < -0.3 is 9.72 Å². The molecular weight excluding hydrogens is 264 g/mol. The van der Waals surface area contributed by atoms with Crippen molar-refractivity contribution in [2.45, 2.75) is 13.0 Å². The van der Waals surface area contributed by atoms with E-state index in [4.69, 9.17) is 16.3 Å². The Balaban J connectivity index is 1.89. The number of halogens is 1. The zero-order valence-electron chi connectivity index (χ0n) is 10.1. The van der Waals surface area contributed by atoms with Gasteiger partial charge in [0, 0.05) is 12.0 Å². The molecule has 3 aromatic rings. The van der Waals surface area contributed by atoms with Gasteiger partial charge in [0.25, 0.3) is 0 Å². The van der Waals surface area contributed by atoms with Crippen LogP contribution in [0.25, 0.3) is 17.0 Å². The molecule has 4 rings (SSSR count). The first kappa shape index (κ1) is 11.0. The van der Waals surface area contributed by atoms with Gasteiger partial charge in [0.15, 0.2) is 0 Å². The Labute approximate surface area is 114 Å². The zero-order valence-corrected chi connectivity index (χ0v) is 10.8. The Hall–Kier alpha value is -1.85. The van der Waals surface area contributed by atoms with Crippen molar-refractivity contribution in [3.05, 3.63) is 40.7 Å². The molecule has 0 radical (unpaired) electrons. The molecule has 5 nitrogen and oxygen atoms in total. The monoisotopic (exact) mass is 274 g/mol. The topological polar surface area (TPSA) is 55.7 Å². The van der Waals surface area contributed by atoms with Crippen molar-refractivity contribution in [1.29, 1.82) is 0 Å². The van der Waals surface area contributed by atoms with Gasteiger partial charge in [-0.05, 0) is 12.1 Å². The molecule has 6 heteroatoms. The minimum Gasteiger partial charge on any atom is -0.376 e. The highest BCUT2D eigenvalue weighted by Gasteiger charge is 2.21. The van der Waals surface area contributed by atoms with E-state index >= 15 is 0 Å². The molecule has 3 heterocycles. The number of nitrogens with zero attached hydrogens (tertiary/aromatic N) is 3. The van der Waals surface area contributed by atoms with Crippen molar-refractivity contribution >= 4 is 22.6 Å². The van der Waals surface area contributed by atoms with Crippen LogP contribution >= 0.6 is 11.6 Å². The molecule has 0 unspecified atom stereocenters. The number of aromatic nitrogens is 4. The minimum absolute atomic E-state index is 0.522. The molecule has 1 aliphatic heterocycles. The zero-order chi connectivity index (χ0) is 12.8. The molecular formula is C13H11ClN4O. The second-order valence-electron chi connectivity index (χ2n) is 4.51.